The molecule has 46 heavy (non-hydrogen) atoms. The van der Waals surface area contributed by atoms with Crippen molar-refractivity contribution in [2.45, 2.75) is 63.5 Å². The Hall–Kier alpha value is -4.09. The quantitative estimate of drug-likeness (QED) is 0.295. The molecule has 6 N–H and O–H groups in total. The molecule has 1 aromatic heterocycles. The van der Waals surface area contributed by atoms with Crippen LogP contribution < -0.4 is 10.6 Å². The molecule has 0 bridgehead atoms. The van der Waals surface area contributed by atoms with Crippen LogP contribution in [0, 0.1) is 23.7 Å². The maximum atomic E-state index is 14.2. The average molecular weight is 634 g/mol. The lowest BCUT2D eigenvalue weighted by Crippen LogP contribution is -2.65. The Balaban J connectivity index is 1.46. The second-order valence-electron chi connectivity index (χ2n) is 14.1. The van der Waals surface area contributed by atoms with Crippen molar-refractivity contribution in [1.29, 1.82) is 0 Å². The predicted molar refractivity (Wildman–Crippen MR) is 171 cm³/mol. The van der Waals surface area contributed by atoms with Crippen molar-refractivity contribution in [3.05, 3.63) is 52.0 Å². The van der Waals surface area contributed by atoms with Crippen LogP contribution in [0.1, 0.15) is 55.9 Å². The summed E-state index contributed by atoms with van der Waals surface area (Å²) in [5.41, 5.74) is 3.40. The molecule has 11 nitrogen and oxygen atoms in total. The number of likely N-dealkylation sites (N-methyl/N-ethyl adjacent to an activating group) is 1. The number of rotatable bonds is 6. The van der Waals surface area contributed by atoms with Gasteiger partial charge in [0.15, 0.2) is 11.4 Å². The molecule has 1 aromatic carbocycles. The lowest BCUT2D eigenvalue weighted by Gasteiger charge is -2.50. The van der Waals surface area contributed by atoms with Gasteiger partial charge in [0.2, 0.25) is 5.78 Å². The number of nitrogens with zero attached hydrogens (tertiary/aromatic N) is 2. The molecule has 246 valence electrons. The fourth-order valence-electron chi connectivity index (χ4n) is 8.33. The zero-order chi connectivity index (χ0) is 33.4. The highest BCUT2D eigenvalue weighted by atomic mass is 16.4. The Morgan fingerprint density at radius 3 is 2.35 bits per heavy atom. The van der Waals surface area contributed by atoms with E-state index >= 15 is 0 Å². The fraction of sp³-hybridized carbons (Fsp3) is 0.514. The number of primary amides is 1. The Morgan fingerprint density at radius 1 is 1.07 bits per heavy atom. The molecule has 2 aromatic rings. The Bertz CT molecular complexity index is 1690. The van der Waals surface area contributed by atoms with Crippen molar-refractivity contribution in [2.24, 2.45) is 29.4 Å². The van der Waals surface area contributed by atoms with Gasteiger partial charge in [-0.15, -0.1) is 0 Å². The SMILES string of the molecule is CC1CCC(Cc2ccc(-c3cc(N(C)C)c4c(c3O)C(O)=C3C(=O)[C@@]5(O)C(O)=C(C(N)=O)C(=O)[C@H](N(C)C)[C@H]5C[C@H]3C4)o2)CC1. The minimum Gasteiger partial charge on any atom is -0.508 e. The number of carbonyl (C=O) groups excluding carboxylic acids is 3. The molecular weight excluding hydrogens is 590 g/mol. The molecular formula is C35H43N3O8. The van der Waals surface area contributed by atoms with Crippen molar-refractivity contribution in [2.75, 3.05) is 33.1 Å². The number of ketones is 2. The van der Waals surface area contributed by atoms with Gasteiger partial charge >= 0.3 is 0 Å². The smallest absolute Gasteiger partial charge is 0.255 e. The van der Waals surface area contributed by atoms with E-state index in [2.05, 4.69) is 6.92 Å². The van der Waals surface area contributed by atoms with Gasteiger partial charge in [0, 0.05) is 37.7 Å². The minimum absolute atomic E-state index is 0.0304. The highest BCUT2D eigenvalue weighted by Gasteiger charge is 2.64. The summed E-state index contributed by atoms with van der Waals surface area (Å²) in [4.78, 5) is 43.2. The highest BCUT2D eigenvalue weighted by Crippen LogP contribution is 2.55. The normalized spacial score (nSPS) is 29.5. The van der Waals surface area contributed by atoms with E-state index in [1.165, 1.54) is 17.7 Å². The molecule has 4 aliphatic rings. The van der Waals surface area contributed by atoms with Crippen LogP contribution in [-0.2, 0) is 27.2 Å². The molecule has 0 spiro atoms. The average Bonchev–Trinajstić information content (AvgIpc) is 3.44. The summed E-state index contributed by atoms with van der Waals surface area (Å²) in [5.74, 6) is -4.27. The lowest BCUT2D eigenvalue weighted by atomic mass is 9.57. The van der Waals surface area contributed by atoms with E-state index in [9.17, 15) is 34.8 Å². The third kappa shape index (κ3) is 4.74. The third-order valence-electron chi connectivity index (χ3n) is 10.7. The van der Waals surface area contributed by atoms with Gasteiger partial charge in [-0.05, 0) is 81.3 Å². The van der Waals surface area contributed by atoms with Crippen LogP contribution in [0.3, 0.4) is 0 Å². The minimum atomic E-state index is -2.69. The molecule has 4 atom stereocenters. The number of aromatic hydroxyl groups is 1. The number of amides is 1. The zero-order valence-electron chi connectivity index (χ0n) is 27.0. The van der Waals surface area contributed by atoms with Gasteiger partial charge in [0.1, 0.15) is 34.4 Å². The van der Waals surface area contributed by atoms with Gasteiger partial charge in [-0.1, -0.05) is 19.8 Å². The Morgan fingerprint density at radius 2 is 1.74 bits per heavy atom. The number of nitrogens with two attached hydrogens (primary N) is 1. The molecule has 4 aliphatic carbocycles. The number of aliphatic hydroxyl groups excluding tert-OH is 2. The number of hydrogen-bond donors (Lipinski definition) is 5. The van der Waals surface area contributed by atoms with Gasteiger partial charge in [0.25, 0.3) is 5.91 Å². The summed E-state index contributed by atoms with van der Waals surface area (Å²) in [5, 5.41) is 46.5. The second kappa shape index (κ2) is 11.3. The summed E-state index contributed by atoms with van der Waals surface area (Å²) in [6, 6.07) is 4.38. The first-order chi connectivity index (χ1) is 21.7. The Kier molecular flexibility index (Phi) is 7.84. The third-order valence-corrected chi connectivity index (χ3v) is 10.7. The summed E-state index contributed by atoms with van der Waals surface area (Å²) < 4.78 is 6.25. The maximum absolute atomic E-state index is 14.2. The molecule has 0 radical (unpaired) electrons. The summed E-state index contributed by atoms with van der Waals surface area (Å²) in [6.07, 6.45) is 5.72. The predicted octanol–water partition coefficient (Wildman–Crippen LogP) is 3.66. The molecule has 2 saturated carbocycles. The van der Waals surface area contributed by atoms with Crippen molar-refractivity contribution in [3.8, 4) is 17.1 Å². The largest absolute Gasteiger partial charge is 0.508 e. The van der Waals surface area contributed by atoms with Crippen molar-refractivity contribution in [1.82, 2.24) is 4.90 Å². The Labute approximate surface area is 268 Å². The number of hydrogen-bond acceptors (Lipinski definition) is 10. The monoisotopic (exact) mass is 633 g/mol. The van der Waals surface area contributed by atoms with Crippen LogP contribution in [0.5, 0.6) is 5.75 Å². The number of benzene rings is 1. The van der Waals surface area contributed by atoms with Crippen LogP contribution in [-0.4, -0.2) is 82.6 Å². The van der Waals surface area contributed by atoms with Crippen LogP contribution in [0.4, 0.5) is 5.69 Å². The van der Waals surface area contributed by atoms with Gasteiger partial charge in [-0.25, -0.2) is 0 Å². The topological polar surface area (TPSA) is 178 Å². The number of Topliss-reactive ketones (excluding diaryl/α,β-unsaturated/α-hetero) is 2. The van der Waals surface area contributed by atoms with E-state index in [0.717, 1.165) is 30.9 Å². The van der Waals surface area contributed by atoms with E-state index in [1.807, 2.05) is 25.1 Å². The molecule has 1 heterocycles. The second-order valence-corrected chi connectivity index (χ2v) is 14.1. The van der Waals surface area contributed by atoms with Gasteiger partial charge in [0.05, 0.1) is 17.2 Å². The van der Waals surface area contributed by atoms with Crippen LogP contribution in [0.25, 0.3) is 17.1 Å². The molecule has 11 heteroatoms. The van der Waals surface area contributed by atoms with Crippen LogP contribution >= 0.6 is 0 Å². The number of phenolic OH excluding ortho intramolecular Hbond substituents is 1. The van der Waals surface area contributed by atoms with Gasteiger partial charge in [-0.2, -0.15) is 0 Å². The standard InChI is InChI=1S/C35H43N3O8/c1-16-6-8-17(9-7-16)12-19-10-11-24(46-19)21-15-23(37(2)3)20-13-18-14-22-28(38(4)5)31(41)27(34(36)44)33(43)35(22,45)32(42)25(18)30(40)26(20)29(21)39/h10-11,15-18,22,28,39-40,43,45H,6-9,12-14H2,1-5H3,(H2,36,44)/t16?,17?,18-,22-,28-,35-/m1/s1. The molecule has 2 fully saturated rings. The summed E-state index contributed by atoms with van der Waals surface area (Å²) >= 11 is 0. The highest BCUT2D eigenvalue weighted by molar-refractivity contribution is 6.24. The van der Waals surface area contributed by atoms with Gasteiger partial charge < -0.3 is 35.5 Å². The van der Waals surface area contributed by atoms with Crippen LogP contribution in [0.2, 0.25) is 0 Å². The first-order valence-electron chi connectivity index (χ1n) is 16.0. The summed E-state index contributed by atoms with van der Waals surface area (Å²) in [7, 11) is 6.83. The van der Waals surface area contributed by atoms with E-state index in [0.29, 0.717) is 28.5 Å². The van der Waals surface area contributed by atoms with E-state index < -0.39 is 58.0 Å². The molecule has 0 aliphatic heterocycles. The fourth-order valence-corrected chi connectivity index (χ4v) is 8.33. The van der Waals surface area contributed by atoms with Crippen molar-refractivity contribution >= 4 is 28.9 Å². The lowest BCUT2D eigenvalue weighted by molar-refractivity contribution is -0.153. The number of furan rings is 1. The van der Waals surface area contributed by atoms with Crippen LogP contribution in [0.15, 0.2) is 39.5 Å². The van der Waals surface area contributed by atoms with E-state index in [1.54, 1.807) is 26.2 Å². The number of aliphatic hydroxyl groups is 3. The molecule has 0 unspecified atom stereocenters. The maximum Gasteiger partial charge on any atom is 0.255 e. The van der Waals surface area contributed by atoms with E-state index in [-0.39, 0.29) is 29.7 Å². The first kappa shape index (κ1) is 31.9. The number of fused-ring (bicyclic) bond motifs is 3. The molecule has 0 saturated heterocycles. The molecule has 1 amide bonds. The molecule has 6 rings (SSSR count). The summed E-state index contributed by atoms with van der Waals surface area (Å²) in [6.45, 7) is 2.28. The number of anilines is 1. The number of carbonyl (C=O) groups is 3. The van der Waals surface area contributed by atoms with Gasteiger partial charge in [-0.3, -0.25) is 19.3 Å². The van der Waals surface area contributed by atoms with Crippen molar-refractivity contribution < 1.29 is 39.2 Å². The first-order valence-corrected chi connectivity index (χ1v) is 16.0. The zero-order valence-corrected chi connectivity index (χ0v) is 27.0. The van der Waals surface area contributed by atoms with E-state index in [4.69, 9.17) is 10.2 Å². The number of phenols is 1. The van der Waals surface area contributed by atoms with Crippen molar-refractivity contribution in [3.63, 3.8) is 0 Å².